The van der Waals surface area contributed by atoms with Crippen molar-refractivity contribution in [1.82, 2.24) is 10.2 Å². The molecule has 0 aromatic carbocycles. The van der Waals surface area contributed by atoms with E-state index in [4.69, 9.17) is 0 Å². The van der Waals surface area contributed by atoms with Crippen LogP contribution in [0.5, 0.6) is 0 Å². The van der Waals surface area contributed by atoms with Crippen LogP contribution >= 0.6 is 0 Å². The highest BCUT2D eigenvalue weighted by molar-refractivity contribution is 4.76. The monoisotopic (exact) mass is 226 g/mol. The number of nitrogens with one attached hydrogen (secondary N) is 1. The van der Waals surface area contributed by atoms with Crippen molar-refractivity contribution in [2.45, 2.75) is 32.1 Å². The Balaban J connectivity index is 1.77. The Hall–Kier alpha value is -0.120. The minimum absolute atomic E-state index is 0.328. The van der Waals surface area contributed by atoms with E-state index in [1.54, 1.807) is 0 Å². The molecule has 94 valence electrons. The molecule has 1 saturated carbocycles. The maximum Gasteiger partial charge on any atom is 0.0483 e. The molecular weight excluding hydrogens is 200 g/mol. The Morgan fingerprint density at radius 1 is 1.12 bits per heavy atom. The topological polar surface area (TPSA) is 35.5 Å². The summed E-state index contributed by atoms with van der Waals surface area (Å²) < 4.78 is 0. The van der Waals surface area contributed by atoms with Gasteiger partial charge >= 0.3 is 0 Å². The average Bonchev–Trinajstić information content (AvgIpc) is 2.55. The van der Waals surface area contributed by atoms with Gasteiger partial charge in [-0.25, -0.2) is 0 Å². The molecule has 3 nitrogen and oxygen atoms in total. The van der Waals surface area contributed by atoms with Gasteiger partial charge in [0, 0.05) is 45.2 Å². The Morgan fingerprint density at radius 2 is 1.94 bits per heavy atom. The van der Waals surface area contributed by atoms with Crippen LogP contribution in [0.1, 0.15) is 32.1 Å². The van der Waals surface area contributed by atoms with Gasteiger partial charge < -0.3 is 15.3 Å². The second-order valence-electron chi connectivity index (χ2n) is 5.52. The van der Waals surface area contributed by atoms with Crippen molar-refractivity contribution >= 4 is 0 Å². The van der Waals surface area contributed by atoms with Crippen molar-refractivity contribution in [3.63, 3.8) is 0 Å². The molecule has 1 saturated heterocycles. The summed E-state index contributed by atoms with van der Waals surface area (Å²) in [6, 6.07) is 0. The lowest BCUT2D eigenvalue weighted by atomic mass is 9.89. The van der Waals surface area contributed by atoms with E-state index in [1.165, 1.54) is 38.6 Å². The third kappa shape index (κ3) is 3.72. The summed E-state index contributed by atoms with van der Waals surface area (Å²) >= 11 is 0. The van der Waals surface area contributed by atoms with Crippen LogP contribution in [0, 0.1) is 11.8 Å². The molecule has 2 aliphatic rings. The molecule has 0 bridgehead atoms. The number of hydrogen-bond acceptors (Lipinski definition) is 3. The molecule has 0 spiro atoms. The summed E-state index contributed by atoms with van der Waals surface area (Å²) in [7, 11) is 0. The first-order valence-corrected chi connectivity index (χ1v) is 6.92. The van der Waals surface area contributed by atoms with Crippen molar-refractivity contribution in [2.24, 2.45) is 11.8 Å². The molecule has 0 aromatic rings. The minimum atomic E-state index is 0.328. The predicted molar refractivity (Wildman–Crippen MR) is 66.5 cm³/mol. The zero-order chi connectivity index (χ0) is 11.2. The highest BCUT2D eigenvalue weighted by Crippen LogP contribution is 2.24. The summed E-state index contributed by atoms with van der Waals surface area (Å²) in [4.78, 5) is 2.57. The van der Waals surface area contributed by atoms with Crippen molar-refractivity contribution in [3.8, 4) is 0 Å². The predicted octanol–water partition coefficient (Wildman–Crippen LogP) is 1.08. The van der Waals surface area contributed by atoms with Gasteiger partial charge in [0.05, 0.1) is 0 Å². The molecule has 1 aliphatic carbocycles. The van der Waals surface area contributed by atoms with E-state index in [1.807, 2.05) is 0 Å². The first-order chi connectivity index (χ1) is 7.88. The van der Waals surface area contributed by atoms with Gasteiger partial charge in [-0.1, -0.05) is 19.3 Å². The molecule has 0 aromatic heterocycles. The van der Waals surface area contributed by atoms with Crippen molar-refractivity contribution < 1.29 is 5.11 Å². The number of aliphatic hydroxyl groups is 1. The molecular formula is C13H26N2O. The fourth-order valence-electron chi connectivity index (χ4n) is 3.09. The van der Waals surface area contributed by atoms with Gasteiger partial charge in [0.1, 0.15) is 0 Å². The largest absolute Gasteiger partial charge is 0.396 e. The van der Waals surface area contributed by atoms with E-state index in [2.05, 4.69) is 10.2 Å². The number of aliphatic hydroxyl groups excluding tert-OH is 1. The Labute approximate surface area is 99.2 Å². The van der Waals surface area contributed by atoms with Gasteiger partial charge in [-0.05, 0) is 18.8 Å². The van der Waals surface area contributed by atoms with Crippen LogP contribution in [0.3, 0.4) is 0 Å². The van der Waals surface area contributed by atoms with Crippen molar-refractivity contribution in [3.05, 3.63) is 0 Å². The maximum atomic E-state index is 9.27. The minimum Gasteiger partial charge on any atom is -0.396 e. The van der Waals surface area contributed by atoms with Crippen LogP contribution in [0.15, 0.2) is 0 Å². The van der Waals surface area contributed by atoms with E-state index in [9.17, 15) is 5.11 Å². The van der Waals surface area contributed by atoms with E-state index < -0.39 is 0 Å². The first kappa shape index (κ1) is 12.3. The molecule has 2 N–H and O–H groups in total. The van der Waals surface area contributed by atoms with Crippen LogP contribution in [0.2, 0.25) is 0 Å². The van der Waals surface area contributed by atoms with E-state index >= 15 is 0 Å². The van der Waals surface area contributed by atoms with Crippen LogP contribution in [0.4, 0.5) is 0 Å². The standard InChI is InChI=1S/C13H26N2O/c16-11-13-8-14-6-7-15(10-13)9-12-4-2-1-3-5-12/h12-14,16H,1-11H2. The van der Waals surface area contributed by atoms with Gasteiger partial charge in [0.15, 0.2) is 0 Å². The second kappa shape index (κ2) is 6.58. The normalized spacial score (nSPS) is 30.2. The summed E-state index contributed by atoms with van der Waals surface area (Å²) in [5.74, 6) is 1.36. The van der Waals surface area contributed by atoms with Crippen LogP contribution in [-0.4, -0.2) is 49.3 Å². The SMILES string of the molecule is OCC1CNCCN(CC2CCCCC2)C1. The molecule has 1 heterocycles. The van der Waals surface area contributed by atoms with Gasteiger partial charge in [0.2, 0.25) is 0 Å². The smallest absolute Gasteiger partial charge is 0.0483 e. The average molecular weight is 226 g/mol. The summed E-state index contributed by atoms with van der Waals surface area (Å²) in [6.07, 6.45) is 7.15. The Kier molecular flexibility index (Phi) is 5.07. The highest BCUT2D eigenvalue weighted by atomic mass is 16.3. The lowest BCUT2D eigenvalue weighted by Crippen LogP contribution is -2.36. The highest BCUT2D eigenvalue weighted by Gasteiger charge is 2.21. The molecule has 1 aliphatic heterocycles. The van der Waals surface area contributed by atoms with Crippen molar-refractivity contribution in [1.29, 1.82) is 0 Å². The summed E-state index contributed by atoms with van der Waals surface area (Å²) in [5, 5.41) is 12.7. The zero-order valence-corrected chi connectivity index (χ0v) is 10.3. The Morgan fingerprint density at radius 3 is 2.69 bits per heavy atom. The first-order valence-electron chi connectivity index (χ1n) is 6.92. The van der Waals surface area contributed by atoms with Gasteiger partial charge in [-0.15, -0.1) is 0 Å². The van der Waals surface area contributed by atoms with E-state index in [0.29, 0.717) is 12.5 Å². The Bertz CT molecular complexity index is 192. The third-order valence-corrected chi connectivity index (χ3v) is 4.05. The number of rotatable bonds is 3. The molecule has 2 fully saturated rings. The van der Waals surface area contributed by atoms with Gasteiger partial charge in [0.25, 0.3) is 0 Å². The van der Waals surface area contributed by atoms with Crippen LogP contribution in [0.25, 0.3) is 0 Å². The number of hydrogen-bond donors (Lipinski definition) is 2. The zero-order valence-electron chi connectivity index (χ0n) is 10.3. The number of nitrogens with zero attached hydrogens (tertiary/aromatic N) is 1. The molecule has 0 amide bonds. The van der Waals surface area contributed by atoms with Crippen LogP contribution < -0.4 is 5.32 Å². The third-order valence-electron chi connectivity index (χ3n) is 4.05. The summed E-state index contributed by atoms with van der Waals surface area (Å²) in [6.45, 7) is 5.90. The molecule has 1 unspecified atom stereocenters. The fourth-order valence-corrected chi connectivity index (χ4v) is 3.09. The maximum absolute atomic E-state index is 9.27. The lowest BCUT2D eigenvalue weighted by Gasteiger charge is -2.29. The summed E-state index contributed by atoms with van der Waals surface area (Å²) in [5.41, 5.74) is 0. The molecule has 2 rings (SSSR count). The van der Waals surface area contributed by atoms with E-state index in [0.717, 1.165) is 32.1 Å². The van der Waals surface area contributed by atoms with Crippen molar-refractivity contribution in [2.75, 3.05) is 39.3 Å². The molecule has 3 heteroatoms. The van der Waals surface area contributed by atoms with Crippen LogP contribution in [-0.2, 0) is 0 Å². The second-order valence-corrected chi connectivity index (χ2v) is 5.52. The van der Waals surface area contributed by atoms with Gasteiger partial charge in [-0.3, -0.25) is 0 Å². The lowest BCUT2D eigenvalue weighted by molar-refractivity contribution is 0.156. The van der Waals surface area contributed by atoms with Gasteiger partial charge in [-0.2, -0.15) is 0 Å². The molecule has 1 atom stereocenters. The quantitative estimate of drug-likeness (QED) is 0.756. The molecule has 0 radical (unpaired) electrons. The van der Waals surface area contributed by atoms with E-state index in [-0.39, 0.29) is 0 Å². The molecule has 16 heavy (non-hydrogen) atoms. The fraction of sp³-hybridized carbons (Fsp3) is 1.00.